The normalized spacial score (nSPS) is 12.1. The molecule has 0 saturated carbocycles. The molecule has 20 heavy (non-hydrogen) atoms. The first-order valence-corrected chi connectivity index (χ1v) is 8.56. The average Bonchev–Trinajstić information content (AvgIpc) is 2.38. The first-order chi connectivity index (χ1) is 9.31. The van der Waals surface area contributed by atoms with Crippen LogP contribution in [0.5, 0.6) is 0 Å². The number of nitrogen functional groups attached to an aromatic ring is 1. The third kappa shape index (κ3) is 4.41. The highest BCUT2D eigenvalue weighted by atomic mass is 79.9. The summed E-state index contributed by atoms with van der Waals surface area (Å²) in [7, 11) is -3.89. The van der Waals surface area contributed by atoms with Gasteiger partial charge in [-0.1, -0.05) is 13.8 Å². The van der Waals surface area contributed by atoms with E-state index in [0.29, 0.717) is 11.0 Å². The van der Waals surface area contributed by atoms with Gasteiger partial charge in [0.1, 0.15) is 10.7 Å². The molecule has 0 unspecified atom stereocenters. The van der Waals surface area contributed by atoms with Gasteiger partial charge in [-0.15, -0.1) is 0 Å². The van der Waals surface area contributed by atoms with E-state index in [1.807, 2.05) is 13.8 Å². The van der Waals surface area contributed by atoms with Crippen molar-refractivity contribution in [2.75, 3.05) is 31.9 Å². The van der Waals surface area contributed by atoms with Gasteiger partial charge in [-0.05, 0) is 41.2 Å². The molecule has 0 fully saturated rings. The van der Waals surface area contributed by atoms with Crippen LogP contribution < -0.4 is 10.5 Å². The SMILES string of the molecule is CCN(CC)CCNS(=O)(=O)c1cc(N)c(Br)cc1F. The fourth-order valence-corrected chi connectivity index (χ4v) is 3.14. The number of halogens is 2. The number of sulfonamides is 1. The fraction of sp³-hybridized carbons (Fsp3) is 0.500. The van der Waals surface area contributed by atoms with Gasteiger partial charge in [0.25, 0.3) is 0 Å². The Labute approximate surface area is 127 Å². The highest BCUT2D eigenvalue weighted by Crippen LogP contribution is 2.25. The van der Waals surface area contributed by atoms with Crippen molar-refractivity contribution in [2.45, 2.75) is 18.7 Å². The molecule has 0 saturated heterocycles. The van der Waals surface area contributed by atoms with E-state index < -0.39 is 20.7 Å². The van der Waals surface area contributed by atoms with E-state index in [1.165, 1.54) is 0 Å². The Morgan fingerprint density at radius 1 is 1.35 bits per heavy atom. The largest absolute Gasteiger partial charge is 0.398 e. The van der Waals surface area contributed by atoms with Gasteiger partial charge in [-0.3, -0.25) is 0 Å². The molecule has 0 spiro atoms. The molecule has 0 heterocycles. The summed E-state index contributed by atoms with van der Waals surface area (Å²) in [5.74, 6) is -0.832. The Morgan fingerprint density at radius 3 is 2.50 bits per heavy atom. The van der Waals surface area contributed by atoms with Crippen LogP contribution in [0.3, 0.4) is 0 Å². The van der Waals surface area contributed by atoms with Crippen molar-refractivity contribution in [2.24, 2.45) is 0 Å². The van der Waals surface area contributed by atoms with Crippen molar-refractivity contribution in [1.82, 2.24) is 9.62 Å². The molecular weight excluding hydrogens is 349 g/mol. The van der Waals surface area contributed by atoms with E-state index >= 15 is 0 Å². The van der Waals surface area contributed by atoms with Gasteiger partial charge in [0, 0.05) is 23.2 Å². The van der Waals surface area contributed by atoms with E-state index in [9.17, 15) is 12.8 Å². The van der Waals surface area contributed by atoms with Gasteiger partial charge in [0.15, 0.2) is 0 Å². The summed E-state index contributed by atoms with van der Waals surface area (Å²) >= 11 is 3.05. The average molecular weight is 368 g/mol. The molecule has 0 bridgehead atoms. The Kier molecular flexibility index (Phi) is 6.38. The number of rotatable bonds is 7. The zero-order valence-electron chi connectivity index (χ0n) is 11.5. The smallest absolute Gasteiger partial charge is 0.243 e. The van der Waals surface area contributed by atoms with Gasteiger partial charge < -0.3 is 10.6 Å². The monoisotopic (exact) mass is 367 g/mol. The molecular formula is C12H19BrFN3O2S. The molecule has 0 aromatic heterocycles. The highest BCUT2D eigenvalue weighted by molar-refractivity contribution is 9.10. The Morgan fingerprint density at radius 2 is 1.95 bits per heavy atom. The number of nitrogens with two attached hydrogens (primary N) is 1. The zero-order chi connectivity index (χ0) is 15.3. The molecule has 0 radical (unpaired) electrons. The highest BCUT2D eigenvalue weighted by Gasteiger charge is 2.20. The van der Waals surface area contributed by atoms with Crippen LogP contribution in [0, 0.1) is 5.82 Å². The molecule has 1 aromatic carbocycles. The molecule has 0 aliphatic carbocycles. The van der Waals surface area contributed by atoms with Crippen LogP contribution in [-0.4, -0.2) is 39.5 Å². The summed E-state index contributed by atoms with van der Waals surface area (Å²) in [4.78, 5) is 1.63. The van der Waals surface area contributed by atoms with Crippen LogP contribution in [0.1, 0.15) is 13.8 Å². The van der Waals surface area contributed by atoms with Crippen LogP contribution in [0.4, 0.5) is 10.1 Å². The molecule has 5 nitrogen and oxygen atoms in total. The van der Waals surface area contributed by atoms with E-state index in [2.05, 4.69) is 25.6 Å². The summed E-state index contributed by atoms with van der Waals surface area (Å²) in [6.07, 6.45) is 0. The quantitative estimate of drug-likeness (QED) is 0.720. The molecule has 0 atom stereocenters. The lowest BCUT2D eigenvalue weighted by Gasteiger charge is -2.18. The standard InChI is InChI=1S/C12H19BrFN3O2S/c1-3-17(4-2)6-5-16-20(18,19)12-8-11(15)9(13)7-10(12)14/h7-8,16H,3-6,15H2,1-2H3. The van der Waals surface area contributed by atoms with Crippen LogP contribution in [0.15, 0.2) is 21.5 Å². The second-order valence-corrected chi connectivity index (χ2v) is 6.82. The van der Waals surface area contributed by atoms with E-state index in [1.54, 1.807) is 0 Å². The van der Waals surface area contributed by atoms with E-state index in [0.717, 1.165) is 25.2 Å². The summed E-state index contributed by atoms with van der Waals surface area (Å²) in [6, 6.07) is 2.16. The third-order valence-electron chi connectivity index (χ3n) is 2.96. The maximum Gasteiger partial charge on any atom is 0.243 e. The maximum absolute atomic E-state index is 13.7. The van der Waals surface area contributed by atoms with Gasteiger partial charge >= 0.3 is 0 Å². The maximum atomic E-state index is 13.7. The Hall–Kier alpha value is -0.700. The molecule has 3 N–H and O–H groups in total. The number of benzene rings is 1. The lowest BCUT2D eigenvalue weighted by molar-refractivity contribution is 0.309. The van der Waals surface area contributed by atoms with Crippen molar-refractivity contribution in [3.63, 3.8) is 0 Å². The summed E-state index contributed by atoms with van der Waals surface area (Å²) in [5, 5.41) is 0. The fourth-order valence-electron chi connectivity index (χ4n) is 1.71. The number of hydrogen-bond donors (Lipinski definition) is 2. The second-order valence-electron chi connectivity index (χ2n) is 4.23. The minimum Gasteiger partial charge on any atom is -0.398 e. The van der Waals surface area contributed by atoms with Crippen LogP contribution >= 0.6 is 15.9 Å². The van der Waals surface area contributed by atoms with Crippen molar-refractivity contribution in [1.29, 1.82) is 0 Å². The van der Waals surface area contributed by atoms with Gasteiger partial charge in [-0.25, -0.2) is 17.5 Å². The molecule has 1 aromatic rings. The summed E-state index contributed by atoms with van der Waals surface area (Å²) in [5.41, 5.74) is 5.77. The van der Waals surface area contributed by atoms with Gasteiger partial charge in [-0.2, -0.15) is 0 Å². The molecule has 114 valence electrons. The van der Waals surface area contributed by atoms with Crippen molar-refractivity contribution >= 4 is 31.6 Å². The molecule has 1 rings (SSSR count). The number of anilines is 1. The minimum atomic E-state index is -3.89. The Balaban J connectivity index is 2.82. The number of hydrogen-bond acceptors (Lipinski definition) is 4. The van der Waals surface area contributed by atoms with Crippen molar-refractivity contribution in [3.05, 3.63) is 22.4 Å². The number of likely N-dealkylation sites (N-methyl/N-ethyl adjacent to an activating group) is 1. The first-order valence-electron chi connectivity index (χ1n) is 6.28. The second kappa shape index (κ2) is 7.35. The third-order valence-corrected chi connectivity index (χ3v) is 5.12. The molecule has 8 heteroatoms. The van der Waals surface area contributed by atoms with Crippen LogP contribution in [0.25, 0.3) is 0 Å². The van der Waals surface area contributed by atoms with Crippen molar-refractivity contribution in [3.8, 4) is 0 Å². The number of nitrogens with zero attached hydrogens (tertiary/aromatic N) is 1. The zero-order valence-corrected chi connectivity index (χ0v) is 13.9. The summed E-state index contributed by atoms with van der Waals surface area (Å²) < 4.78 is 40.5. The predicted molar refractivity (Wildman–Crippen MR) is 81.5 cm³/mol. The van der Waals surface area contributed by atoms with Gasteiger partial charge in [0.2, 0.25) is 10.0 Å². The lowest BCUT2D eigenvalue weighted by Crippen LogP contribution is -2.35. The lowest BCUT2D eigenvalue weighted by atomic mass is 10.3. The molecule has 0 amide bonds. The minimum absolute atomic E-state index is 0.176. The topological polar surface area (TPSA) is 75.4 Å². The predicted octanol–water partition coefficient (Wildman–Crippen LogP) is 1.79. The Bertz CT molecular complexity index is 562. The summed E-state index contributed by atoms with van der Waals surface area (Å²) in [6.45, 7) is 6.44. The molecule has 0 aliphatic rings. The first kappa shape index (κ1) is 17.4. The van der Waals surface area contributed by atoms with E-state index in [4.69, 9.17) is 5.73 Å². The number of nitrogens with one attached hydrogen (secondary N) is 1. The van der Waals surface area contributed by atoms with Crippen LogP contribution in [-0.2, 0) is 10.0 Å². The van der Waals surface area contributed by atoms with Crippen molar-refractivity contribution < 1.29 is 12.8 Å². The van der Waals surface area contributed by atoms with Gasteiger partial charge in [0.05, 0.1) is 0 Å². The molecule has 0 aliphatic heterocycles. The van der Waals surface area contributed by atoms with Crippen LogP contribution in [0.2, 0.25) is 0 Å². The van der Waals surface area contributed by atoms with E-state index in [-0.39, 0.29) is 12.2 Å².